The molecule has 1 aliphatic heterocycles. The zero-order valence-electron chi connectivity index (χ0n) is 14.1. The average molecular weight is 337 g/mol. The average Bonchev–Trinajstić information content (AvgIpc) is 2.62. The van der Waals surface area contributed by atoms with E-state index in [4.69, 9.17) is 4.74 Å². The Morgan fingerprint density at radius 2 is 2.00 bits per heavy atom. The van der Waals surface area contributed by atoms with Gasteiger partial charge in [0, 0.05) is 5.56 Å². The van der Waals surface area contributed by atoms with Gasteiger partial charge in [-0.05, 0) is 30.7 Å². The Morgan fingerprint density at radius 1 is 1.24 bits per heavy atom. The minimum Gasteiger partial charge on any atom is -0.497 e. The van der Waals surface area contributed by atoms with Crippen LogP contribution in [0.2, 0.25) is 0 Å². The highest BCUT2D eigenvalue weighted by molar-refractivity contribution is 6.10. The van der Waals surface area contributed by atoms with E-state index in [-0.39, 0.29) is 30.2 Å². The topological polar surface area (TPSA) is 79.8 Å². The van der Waals surface area contributed by atoms with E-state index in [0.29, 0.717) is 11.3 Å². The highest BCUT2D eigenvalue weighted by atomic mass is 16.5. The fourth-order valence-electron chi connectivity index (χ4n) is 2.58. The second kappa shape index (κ2) is 7.17. The third-order valence-electron chi connectivity index (χ3n) is 3.95. The molecule has 0 unspecified atom stereocenters. The van der Waals surface area contributed by atoms with Crippen LogP contribution in [0.25, 0.3) is 0 Å². The lowest BCUT2D eigenvalue weighted by Crippen LogP contribution is -2.47. The molecule has 1 aliphatic rings. The summed E-state index contributed by atoms with van der Waals surface area (Å²) in [5, 5.41) is 5.26. The van der Waals surface area contributed by atoms with Crippen molar-refractivity contribution >= 4 is 17.8 Å². The Kier molecular flexibility index (Phi) is 4.79. The van der Waals surface area contributed by atoms with Crippen molar-refractivity contribution in [2.45, 2.75) is 19.4 Å². The first-order chi connectivity index (χ1) is 12.0. The second-order valence-corrected chi connectivity index (χ2v) is 5.84. The van der Waals surface area contributed by atoms with Gasteiger partial charge in [-0.25, -0.2) is 4.99 Å². The normalized spacial score (nSPS) is 16.6. The van der Waals surface area contributed by atoms with Gasteiger partial charge in [-0.3, -0.25) is 20.2 Å². The summed E-state index contributed by atoms with van der Waals surface area (Å²) in [6.07, 6.45) is 0.252. The Labute approximate surface area is 145 Å². The lowest BCUT2D eigenvalue weighted by Gasteiger charge is -2.21. The Morgan fingerprint density at radius 3 is 2.72 bits per heavy atom. The lowest BCUT2D eigenvalue weighted by atomic mass is 10.0. The van der Waals surface area contributed by atoms with Gasteiger partial charge in [-0.1, -0.05) is 35.9 Å². The first-order valence-corrected chi connectivity index (χ1v) is 7.95. The Bertz CT molecular complexity index is 828. The molecule has 0 spiro atoms. The van der Waals surface area contributed by atoms with Crippen molar-refractivity contribution in [2.24, 2.45) is 4.99 Å². The number of nitrogens with one attached hydrogen (secondary N) is 2. The molecule has 25 heavy (non-hydrogen) atoms. The van der Waals surface area contributed by atoms with E-state index in [9.17, 15) is 9.59 Å². The molecule has 2 aromatic rings. The molecule has 0 aliphatic carbocycles. The van der Waals surface area contributed by atoms with Crippen LogP contribution in [-0.4, -0.2) is 24.9 Å². The fraction of sp³-hybridized carbons (Fsp3) is 0.211. The van der Waals surface area contributed by atoms with Crippen LogP contribution < -0.4 is 15.4 Å². The number of benzene rings is 2. The molecule has 0 saturated carbocycles. The van der Waals surface area contributed by atoms with E-state index >= 15 is 0 Å². The first-order valence-electron chi connectivity index (χ1n) is 7.95. The number of methoxy groups -OCH3 is 1. The first kappa shape index (κ1) is 16.7. The fourth-order valence-corrected chi connectivity index (χ4v) is 2.58. The summed E-state index contributed by atoms with van der Waals surface area (Å²) in [6, 6.07) is 14.3. The molecule has 0 aromatic heterocycles. The van der Waals surface area contributed by atoms with Crippen LogP contribution in [-0.2, 0) is 4.79 Å². The van der Waals surface area contributed by atoms with Crippen LogP contribution in [0.1, 0.15) is 33.9 Å². The summed E-state index contributed by atoms with van der Waals surface area (Å²) in [7, 11) is 1.54. The molecular formula is C19H19N3O3. The smallest absolute Gasteiger partial charge is 0.258 e. The molecular weight excluding hydrogens is 318 g/mol. The van der Waals surface area contributed by atoms with Gasteiger partial charge in [0.25, 0.3) is 5.91 Å². The summed E-state index contributed by atoms with van der Waals surface area (Å²) in [5.74, 6) is 0.207. The van der Waals surface area contributed by atoms with E-state index < -0.39 is 0 Å². The summed E-state index contributed by atoms with van der Waals surface area (Å²) >= 11 is 0. The van der Waals surface area contributed by atoms with Crippen LogP contribution in [0.4, 0.5) is 0 Å². The molecule has 6 heteroatoms. The predicted molar refractivity (Wildman–Crippen MR) is 94.6 cm³/mol. The largest absolute Gasteiger partial charge is 0.497 e. The molecule has 128 valence electrons. The van der Waals surface area contributed by atoms with Crippen molar-refractivity contribution in [1.82, 2.24) is 10.6 Å². The number of rotatable bonds is 3. The van der Waals surface area contributed by atoms with Gasteiger partial charge in [-0.2, -0.15) is 0 Å². The van der Waals surface area contributed by atoms with Crippen molar-refractivity contribution in [1.29, 1.82) is 0 Å². The molecule has 3 rings (SSSR count). The number of aryl methyl sites for hydroxylation is 1. The molecule has 0 radical (unpaired) electrons. The van der Waals surface area contributed by atoms with E-state index in [1.165, 1.54) is 7.11 Å². The highest BCUT2D eigenvalue weighted by Crippen LogP contribution is 2.23. The summed E-state index contributed by atoms with van der Waals surface area (Å²) in [5.41, 5.74) is 2.50. The minimum absolute atomic E-state index is 0.162. The van der Waals surface area contributed by atoms with Crippen LogP contribution in [0.3, 0.4) is 0 Å². The van der Waals surface area contributed by atoms with Gasteiger partial charge < -0.3 is 4.74 Å². The SMILES string of the molecule is COc1cccc(C(=O)NC2=N[C@@H](c3ccc(C)cc3)CC(=O)N2)c1. The summed E-state index contributed by atoms with van der Waals surface area (Å²) in [6.45, 7) is 2.00. The molecule has 1 heterocycles. The van der Waals surface area contributed by atoms with Crippen molar-refractivity contribution in [3.8, 4) is 5.75 Å². The summed E-state index contributed by atoms with van der Waals surface area (Å²) in [4.78, 5) is 28.8. The maximum Gasteiger partial charge on any atom is 0.258 e. The molecule has 0 bridgehead atoms. The molecule has 2 N–H and O–H groups in total. The number of ether oxygens (including phenoxy) is 1. The molecule has 0 saturated heterocycles. The van der Waals surface area contributed by atoms with Gasteiger partial charge in [0.1, 0.15) is 5.75 Å². The maximum atomic E-state index is 12.4. The van der Waals surface area contributed by atoms with Crippen LogP contribution in [0, 0.1) is 6.92 Å². The van der Waals surface area contributed by atoms with E-state index in [1.54, 1.807) is 24.3 Å². The van der Waals surface area contributed by atoms with Crippen molar-refractivity contribution in [3.05, 3.63) is 65.2 Å². The molecule has 1 atom stereocenters. The minimum atomic E-state index is -0.359. The Balaban J connectivity index is 1.79. The zero-order chi connectivity index (χ0) is 17.8. The zero-order valence-corrected chi connectivity index (χ0v) is 14.1. The van der Waals surface area contributed by atoms with Gasteiger partial charge in [0.2, 0.25) is 11.9 Å². The molecule has 2 amide bonds. The maximum absolute atomic E-state index is 12.4. The number of nitrogens with zero attached hydrogens (tertiary/aromatic N) is 1. The van der Waals surface area contributed by atoms with Gasteiger partial charge in [-0.15, -0.1) is 0 Å². The molecule has 6 nitrogen and oxygen atoms in total. The van der Waals surface area contributed by atoms with Crippen molar-refractivity contribution < 1.29 is 14.3 Å². The third-order valence-corrected chi connectivity index (χ3v) is 3.95. The van der Waals surface area contributed by atoms with Gasteiger partial charge in [0.05, 0.1) is 19.6 Å². The quantitative estimate of drug-likeness (QED) is 0.902. The van der Waals surface area contributed by atoms with Crippen LogP contribution in [0.5, 0.6) is 5.75 Å². The number of guanidine groups is 1. The van der Waals surface area contributed by atoms with E-state index in [2.05, 4.69) is 15.6 Å². The molecule has 2 aromatic carbocycles. The highest BCUT2D eigenvalue weighted by Gasteiger charge is 2.23. The Hall–Kier alpha value is -3.15. The number of hydrogen-bond acceptors (Lipinski definition) is 4. The van der Waals surface area contributed by atoms with Crippen molar-refractivity contribution in [3.63, 3.8) is 0 Å². The van der Waals surface area contributed by atoms with E-state index in [1.807, 2.05) is 31.2 Å². The van der Waals surface area contributed by atoms with Crippen molar-refractivity contribution in [2.75, 3.05) is 7.11 Å². The van der Waals surface area contributed by atoms with E-state index in [0.717, 1.165) is 11.1 Å². The lowest BCUT2D eigenvalue weighted by molar-refractivity contribution is -0.120. The molecule has 0 fully saturated rings. The van der Waals surface area contributed by atoms with Gasteiger partial charge in [0.15, 0.2) is 0 Å². The number of carbonyl (C=O) groups is 2. The van der Waals surface area contributed by atoms with Crippen LogP contribution in [0.15, 0.2) is 53.5 Å². The number of carbonyl (C=O) groups excluding carboxylic acids is 2. The number of amides is 2. The number of aliphatic imine (C=N–C) groups is 1. The monoisotopic (exact) mass is 337 g/mol. The standard InChI is InChI=1S/C19H19N3O3/c1-12-6-8-13(9-7-12)16-11-17(23)21-19(20-16)22-18(24)14-4-3-5-15(10-14)25-2/h3-10,16H,11H2,1-2H3,(H2,20,21,22,23,24)/t16-/m1/s1. The third kappa shape index (κ3) is 4.03. The van der Waals surface area contributed by atoms with Crippen LogP contribution >= 0.6 is 0 Å². The number of hydrogen-bond donors (Lipinski definition) is 2. The summed E-state index contributed by atoms with van der Waals surface area (Å²) < 4.78 is 5.12. The van der Waals surface area contributed by atoms with Gasteiger partial charge >= 0.3 is 0 Å². The predicted octanol–water partition coefficient (Wildman–Crippen LogP) is 2.35. The second-order valence-electron chi connectivity index (χ2n) is 5.84.